The van der Waals surface area contributed by atoms with Crippen LogP contribution in [0, 0.1) is 5.82 Å². The molecule has 9 heteroatoms. The van der Waals surface area contributed by atoms with Gasteiger partial charge in [0.1, 0.15) is 0 Å². The Labute approximate surface area is 157 Å². The number of benzene rings is 2. The van der Waals surface area contributed by atoms with E-state index in [0.29, 0.717) is 5.56 Å². The van der Waals surface area contributed by atoms with E-state index in [9.17, 15) is 27.2 Å². The van der Waals surface area contributed by atoms with Gasteiger partial charge in [0.2, 0.25) is 0 Å². The van der Waals surface area contributed by atoms with Crippen molar-refractivity contribution in [2.45, 2.75) is 6.18 Å². The number of halogens is 4. The molecule has 0 heterocycles. The second-order valence-electron chi connectivity index (χ2n) is 5.46. The lowest BCUT2D eigenvalue weighted by Gasteiger charge is -2.09. The molecule has 0 radical (unpaired) electrons. The van der Waals surface area contributed by atoms with Gasteiger partial charge in [-0.15, -0.1) is 0 Å². The van der Waals surface area contributed by atoms with E-state index in [-0.39, 0.29) is 11.4 Å². The highest BCUT2D eigenvalue weighted by Gasteiger charge is 2.30. The van der Waals surface area contributed by atoms with Gasteiger partial charge in [-0.2, -0.15) is 13.2 Å². The minimum atomic E-state index is -4.54. The zero-order chi connectivity index (χ0) is 20.7. The van der Waals surface area contributed by atoms with Gasteiger partial charge < -0.3 is 14.8 Å². The van der Waals surface area contributed by atoms with Gasteiger partial charge in [0.05, 0.1) is 12.7 Å². The molecule has 0 spiro atoms. The van der Waals surface area contributed by atoms with E-state index in [1.807, 2.05) is 0 Å². The number of amides is 1. The molecule has 0 fully saturated rings. The number of rotatable bonds is 6. The first-order valence-corrected chi connectivity index (χ1v) is 7.84. The van der Waals surface area contributed by atoms with Crippen LogP contribution >= 0.6 is 0 Å². The van der Waals surface area contributed by atoms with Crippen LogP contribution < -0.4 is 10.1 Å². The number of ether oxygens (including phenoxy) is 2. The third kappa shape index (κ3) is 6.11. The molecule has 2 rings (SSSR count). The number of carbonyl (C=O) groups excluding carboxylic acids is 2. The highest BCUT2D eigenvalue weighted by Crippen LogP contribution is 2.30. The Hall–Kier alpha value is -3.36. The summed E-state index contributed by atoms with van der Waals surface area (Å²) in [5.41, 5.74) is -0.638. The molecule has 0 aliphatic rings. The van der Waals surface area contributed by atoms with Crippen molar-refractivity contribution < 1.29 is 36.6 Å². The Morgan fingerprint density at radius 2 is 1.89 bits per heavy atom. The number of anilines is 1. The number of nitrogens with one attached hydrogen (secondary N) is 1. The fraction of sp³-hybridized carbons (Fsp3) is 0.158. The molecule has 1 amide bonds. The summed E-state index contributed by atoms with van der Waals surface area (Å²) in [5.74, 6) is -2.25. The van der Waals surface area contributed by atoms with Crippen molar-refractivity contribution in [1.29, 1.82) is 0 Å². The van der Waals surface area contributed by atoms with Gasteiger partial charge in [-0.3, -0.25) is 4.79 Å². The smallest absolute Gasteiger partial charge is 0.416 e. The minimum absolute atomic E-state index is 0.0472. The van der Waals surface area contributed by atoms with E-state index < -0.39 is 36.0 Å². The van der Waals surface area contributed by atoms with Crippen LogP contribution in [-0.2, 0) is 20.5 Å². The molecule has 0 atom stereocenters. The van der Waals surface area contributed by atoms with Gasteiger partial charge in [0, 0.05) is 11.8 Å². The molecule has 0 aliphatic heterocycles. The normalized spacial score (nSPS) is 11.3. The molecule has 148 valence electrons. The molecule has 0 saturated heterocycles. The van der Waals surface area contributed by atoms with Crippen molar-refractivity contribution in [3.05, 3.63) is 65.5 Å². The summed E-state index contributed by atoms with van der Waals surface area (Å²) in [6.07, 6.45) is -2.28. The number of alkyl halides is 3. The maximum absolute atomic E-state index is 13.5. The first-order valence-electron chi connectivity index (χ1n) is 7.84. The summed E-state index contributed by atoms with van der Waals surface area (Å²) < 4.78 is 60.9. The molecule has 1 N–H and O–H groups in total. The summed E-state index contributed by atoms with van der Waals surface area (Å²) in [6, 6.07) is 8.06. The topological polar surface area (TPSA) is 64.6 Å². The SMILES string of the molecule is COc1ccc(/C=C/C(=O)OCC(=O)Nc2cccc(C(F)(F)F)c2)cc1F. The monoisotopic (exact) mass is 397 g/mol. The van der Waals surface area contributed by atoms with E-state index in [1.54, 1.807) is 0 Å². The van der Waals surface area contributed by atoms with Gasteiger partial charge in [-0.1, -0.05) is 12.1 Å². The molecule has 0 unspecified atom stereocenters. The van der Waals surface area contributed by atoms with Gasteiger partial charge >= 0.3 is 12.1 Å². The van der Waals surface area contributed by atoms with Crippen molar-refractivity contribution >= 4 is 23.6 Å². The maximum Gasteiger partial charge on any atom is 0.416 e. The van der Waals surface area contributed by atoms with Crippen LogP contribution in [0.25, 0.3) is 6.08 Å². The average Bonchev–Trinajstić information content (AvgIpc) is 2.64. The van der Waals surface area contributed by atoms with Crippen molar-refractivity contribution in [2.75, 3.05) is 19.0 Å². The van der Waals surface area contributed by atoms with Crippen molar-refractivity contribution in [1.82, 2.24) is 0 Å². The third-order valence-corrected chi connectivity index (χ3v) is 3.41. The van der Waals surface area contributed by atoms with Crippen molar-refractivity contribution in [3.63, 3.8) is 0 Å². The summed E-state index contributed by atoms with van der Waals surface area (Å²) in [5, 5.41) is 2.20. The van der Waals surface area contributed by atoms with Crippen LogP contribution in [-0.4, -0.2) is 25.6 Å². The average molecular weight is 397 g/mol. The lowest BCUT2D eigenvalue weighted by Crippen LogP contribution is -2.20. The van der Waals surface area contributed by atoms with Crippen LogP contribution in [0.3, 0.4) is 0 Å². The Bertz CT molecular complexity index is 894. The Morgan fingerprint density at radius 1 is 1.14 bits per heavy atom. The number of hydrogen-bond donors (Lipinski definition) is 1. The third-order valence-electron chi connectivity index (χ3n) is 3.41. The maximum atomic E-state index is 13.5. The quantitative estimate of drug-likeness (QED) is 0.454. The number of methoxy groups -OCH3 is 1. The summed E-state index contributed by atoms with van der Waals surface area (Å²) in [6.45, 7) is -0.698. The number of hydrogen-bond acceptors (Lipinski definition) is 4. The highest BCUT2D eigenvalue weighted by atomic mass is 19.4. The van der Waals surface area contributed by atoms with Crippen molar-refractivity contribution in [3.8, 4) is 5.75 Å². The number of carbonyl (C=O) groups is 2. The lowest BCUT2D eigenvalue weighted by molar-refractivity contribution is -0.142. The second-order valence-corrected chi connectivity index (χ2v) is 5.46. The van der Waals surface area contributed by atoms with Crippen LogP contribution in [0.5, 0.6) is 5.75 Å². The molecular formula is C19H15F4NO4. The van der Waals surface area contributed by atoms with Gasteiger partial charge in [0.25, 0.3) is 5.91 Å². The highest BCUT2D eigenvalue weighted by molar-refractivity contribution is 5.94. The van der Waals surface area contributed by atoms with Gasteiger partial charge in [-0.05, 0) is 42.0 Å². The van der Waals surface area contributed by atoms with E-state index >= 15 is 0 Å². The molecule has 0 saturated carbocycles. The molecule has 28 heavy (non-hydrogen) atoms. The largest absolute Gasteiger partial charge is 0.494 e. The zero-order valence-electron chi connectivity index (χ0n) is 14.5. The van der Waals surface area contributed by atoms with Gasteiger partial charge in [0.15, 0.2) is 18.2 Å². The van der Waals surface area contributed by atoms with Crippen LogP contribution in [0.2, 0.25) is 0 Å². The Kier molecular flexibility index (Phi) is 6.75. The predicted molar refractivity (Wildman–Crippen MR) is 93.0 cm³/mol. The van der Waals surface area contributed by atoms with E-state index in [0.717, 1.165) is 30.3 Å². The van der Waals surface area contributed by atoms with E-state index in [4.69, 9.17) is 9.47 Å². The van der Waals surface area contributed by atoms with E-state index in [1.165, 1.54) is 31.4 Å². The number of esters is 1. The predicted octanol–water partition coefficient (Wildman–Crippen LogP) is 4.05. The molecule has 2 aromatic carbocycles. The standard InChI is InChI=1S/C19H15F4NO4/c1-27-16-7-5-12(9-15(16)20)6-8-18(26)28-11-17(25)24-14-4-2-3-13(10-14)19(21,22)23/h2-10H,11H2,1H3,(H,24,25)/b8-6+. The first kappa shape index (κ1) is 20.9. The molecule has 0 aromatic heterocycles. The van der Waals surface area contributed by atoms with E-state index in [2.05, 4.69) is 5.32 Å². The molecule has 2 aromatic rings. The second kappa shape index (κ2) is 9.03. The van der Waals surface area contributed by atoms with Crippen molar-refractivity contribution in [2.24, 2.45) is 0 Å². The van der Waals surface area contributed by atoms with Crippen LogP contribution in [0.1, 0.15) is 11.1 Å². The fourth-order valence-corrected chi connectivity index (χ4v) is 2.11. The molecule has 5 nitrogen and oxygen atoms in total. The lowest BCUT2D eigenvalue weighted by atomic mass is 10.2. The molecular weight excluding hydrogens is 382 g/mol. The molecule has 0 bridgehead atoms. The summed E-state index contributed by atoms with van der Waals surface area (Å²) in [7, 11) is 1.32. The zero-order valence-corrected chi connectivity index (χ0v) is 14.5. The fourth-order valence-electron chi connectivity index (χ4n) is 2.11. The molecule has 0 aliphatic carbocycles. The Morgan fingerprint density at radius 3 is 2.54 bits per heavy atom. The summed E-state index contributed by atoms with van der Waals surface area (Å²) in [4.78, 5) is 23.3. The summed E-state index contributed by atoms with van der Waals surface area (Å²) >= 11 is 0. The Balaban J connectivity index is 1.87. The van der Waals surface area contributed by atoms with Crippen LogP contribution in [0.15, 0.2) is 48.5 Å². The van der Waals surface area contributed by atoms with Gasteiger partial charge in [-0.25, -0.2) is 9.18 Å². The van der Waals surface area contributed by atoms with Crippen LogP contribution in [0.4, 0.5) is 23.2 Å². The minimum Gasteiger partial charge on any atom is -0.494 e. The first-order chi connectivity index (χ1) is 13.2.